The molecule has 0 bridgehead atoms. The second-order valence-electron chi connectivity index (χ2n) is 4.47. The van der Waals surface area contributed by atoms with E-state index in [9.17, 15) is 8.42 Å². The molecule has 2 rings (SSSR count). The van der Waals surface area contributed by atoms with Gasteiger partial charge in [0.1, 0.15) is 6.07 Å². The number of rotatable bonds is 2. The minimum atomic E-state index is -3.54. The molecular formula is C12H15Cl2N3O2S. The molecule has 1 aromatic rings. The van der Waals surface area contributed by atoms with Crippen LogP contribution in [0.2, 0.25) is 5.02 Å². The summed E-state index contributed by atoms with van der Waals surface area (Å²) in [4.78, 5) is 0.130. The van der Waals surface area contributed by atoms with E-state index in [1.165, 1.54) is 22.5 Å². The Morgan fingerprint density at radius 3 is 2.75 bits per heavy atom. The van der Waals surface area contributed by atoms with Crippen molar-refractivity contribution in [2.45, 2.75) is 17.9 Å². The lowest BCUT2D eigenvalue weighted by Gasteiger charge is -2.31. The molecule has 0 radical (unpaired) electrons. The summed E-state index contributed by atoms with van der Waals surface area (Å²) in [5, 5.41) is 12.1. The highest BCUT2D eigenvalue weighted by atomic mass is 35.5. The van der Waals surface area contributed by atoms with Crippen molar-refractivity contribution in [1.82, 2.24) is 9.62 Å². The standard InChI is InChI=1S/C12H14ClN3O2S.ClH/c1-9-8-16(5-4-15-9)19(17,18)11-3-2-10(7-14)12(13)6-11;/h2-3,6,9,15H,4-5,8H2,1H3;1H/t9-;/m1./s1. The molecule has 1 fully saturated rings. The van der Waals surface area contributed by atoms with Crippen LogP contribution in [0.3, 0.4) is 0 Å². The van der Waals surface area contributed by atoms with Crippen LogP contribution in [0.5, 0.6) is 0 Å². The minimum absolute atomic E-state index is 0. The Kier molecular flexibility index (Phi) is 5.80. The number of nitriles is 1. The first kappa shape index (κ1) is 17.2. The minimum Gasteiger partial charge on any atom is -0.312 e. The van der Waals surface area contributed by atoms with Gasteiger partial charge in [-0.05, 0) is 25.1 Å². The van der Waals surface area contributed by atoms with Crippen LogP contribution in [0.25, 0.3) is 0 Å². The van der Waals surface area contributed by atoms with Gasteiger partial charge < -0.3 is 5.32 Å². The zero-order chi connectivity index (χ0) is 14.0. The van der Waals surface area contributed by atoms with Crippen molar-refractivity contribution >= 4 is 34.0 Å². The second-order valence-corrected chi connectivity index (χ2v) is 6.82. The predicted molar refractivity (Wildman–Crippen MR) is 79.6 cm³/mol. The van der Waals surface area contributed by atoms with Crippen molar-refractivity contribution in [3.05, 3.63) is 28.8 Å². The van der Waals surface area contributed by atoms with Crippen molar-refractivity contribution in [3.8, 4) is 6.07 Å². The number of piperazine rings is 1. The maximum absolute atomic E-state index is 12.4. The number of nitrogens with one attached hydrogen (secondary N) is 1. The fraction of sp³-hybridized carbons (Fsp3) is 0.417. The summed E-state index contributed by atoms with van der Waals surface area (Å²) in [5.74, 6) is 0. The largest absolute Gasteiger partial charge is 0.312 e. The van der Waals surface area contributed by atoms with Crippen molar-refractivity contribution < 1.29 is 8.42 Å². The smallest absolute Gasteiger partial charge is 0.243 e. The van der Waals surface area contributed by atoms with Crippen LogP contribution in [0.15, 0.2) is 23.1 Å². The van der Waals surface area contributed by atoms with Crippen molar-refractivity contribution in [1.29, 1.82) is 5.26 Å². The van der Waals surface area contributed by atoms with Gasteiger partial charge >= 0.3 is 0 Å². The number of hydrogen-bond acceptors (Lipinski definition) is 4. The maximum Gasteiger partial charge on any atom is 0.243 e. The van der Waals surface area contributed by atoms with Gasteiger partial charge in [0, 0.05) is 25.7 Å². The van der Waals surface area contributed by atoms with E-state index in [0.29, 0.717) is 19.6 Å². The van der Waals surface area contributed by atoms with E-state index in [1.807, 2.05) is 13.0 Å². The molecule has 0 unspecified atom stereocenters. The molecule has 0 aliphatic carbocycles. The average molecular weight is 336 g/mol. The van der Waals surface area contributed by atoms with Crippen molar-refractivity contribution in [3.63, 3.8) is 0 Å². The average Bonchev–Trinajstić information content (AvgIpc) is 2.38. The molecule has 1 aliphatic rings. The molecule has 110 valence electrons. The van der Waals surface area contributed by atoms with Crippen molar-refractivity contribution in [2.24, 2.45) is 0 Å². The predicted octanol–water partition coefficient (Wildman–Crippen LogP) is 1.62. The van der Waals surface area contributed by atoms with E-state index in [4.69, 9.17) is 16.9 Å². The zero-order valence-corrected chi connectivity index (χ0v) is 13.2. The van der Waals surface area contributed by atoms with Crippen LogP contribution in [-0.2, 0) is 10.0 Å². The van der Waals surface area contributed by atoms with Crippen LogP contribution >= 0.6 is 24.0 Å². The molecule has 1 atom stereocenters. The zero-order valence-electron chi connectivity index (χ0n) is 10.8. The number of nitrogens with zero attached hydrogens (tertiary/aromatic N) is 2. The number of hydrogen-bond donors (Lipinski definition) is 1. The second kappa shape index (κ2) is 6.74. The number of benzene rings is 1. The van der Waals surface area contributed by atoms with Crippen LogP contribution in [0, 0.1) is 11.3 Å². The molecule has 0 spiro atoms. The molecule has 0 amide bonds. The summed E-state index contributed by atoms with van der Waals surface area (Å²) in [6.45, 7) is 3.43. The summed E-state index contributed by atoms with van der Waals surface area (Å²) >= 11 is 5.89. The molecule has 20 heavy (non-hydrogen) atoms. The van der Waals surface area contributed by atoms with Gasteiger partial charge in [-0.15, -0.1) is 12.4 Å². The summed E-state index contributed by atoms with van der Waals surface area (Å²) < 4.78 is 26.3. The van der Waals surface area contributed by atoms with E-state index in [2.05, 4.69) is 5.32 Å². The van der Waals surface area contributed by atoms with E-state index in [-0.39, 0.29) is 33.9 Å². The summed E-state index contributed by atoms with van der Waals surface area (Å²) in [7, 11) is -3.54. The Bertz CT molecular complexity index is 628. The van der Waals surface area contributed by atoms with Gasteiger partial charge in [0.2, 0.25) is 10.0 Å². The van der Waals surface area contributed by atoms with Gasteiger partial charge in [0.15, 0.2) is 0 Å². The molecule has 0 saturated carbocycles. The molecule has 1 aliphatic heterocycles. The third-order valence-electron chi connectivity index (χ3n) is 3.03. The third kappa shape index (κ3) is 3.43. The fourth-order valence-electron chi connectivity index (χ4n) is 2.01. The normalized spacial score (nSPS) is 19.9. The monoisotopic (exact) mass is 335 g/mol. The summed E-state index contributed by atoms with van der Waals surface area (Å²) in [6, 6.07) is 6.22. The highest BCUT2D eigenvalue weighted by Crippen LogP contribution is 2.23. The lowest BCUT2D eigenvalue weighted by molar-refractivity contribution is 0.310. The van der Waals surface area contributed by atoms with Crippen LogP contribution in [0.4, 0.5) is 0 Å². The Hall–Kier alpha value is -0.840. The molecule has 8 heteroatoms. The Balaban J connectivity index is 0.00000200. The highest BCUT2D eigenvalue weighted by Gasteiger charge is 2.28. The van der Waals surface area contributed by atoms with Gasteiger partial charge in [0.25, 0.3) is 0 Å². The van der Waals surface area contributed by atoms with E-state index < -0.39 is 10.0 Å². The topological polar surface area (TPSA) is 73.2 Å². The molecule has 0 aromatic heterocycles. The van der Waals surface area contributed by atoms with Gasteiger partial charge in [-0.3, -0.25) is 0 Å². The van der Waals surface area contributed by atoms with Gasteiger partial charge in [-0.1, -0.05) is 11.6 Å². The molecule has 1 heterocycles. The molecule has 5 nitrogen and oxygen atoms in total. The quantitative estimate of drug-likeness (QED) is 0.891. The van der Waals surface area contributed by atoms with Gasteiger partial charge in [-0.2, -0.15) is 9.57 Å². The fourth-order valence-corrected chi connectivity index (χ4v) is 3.86. The SMILES string of the molecule is C[C@@H]1CN(S(=O)(=O)c2ccc(C#N)c(Cl)c2)CCN1.Cl. The molecular weight excluding hydrogens is 321 g/mol. The Labute approximate surface area is 130 Å². The third-order valence-corrected chi connectivity index (χ3v) is 5.20. The van der Waals surface area contributed by atoms with E-state index in [1.54, 1.807) is 0 Å². The first-order chi connectivity index (χ1) is 8.95. The molecule has 1 saturated heterocycles. The van der Waals surface area contributed by atoms with Gasteiger partial charge in [0.05, 0.1) is 15.5 Å². The van der Waals surface area contributed by atoms with Gasteiger partial charge in [-0.25, -0.2) is 8.42 Å². The summed E-state index contributed by atoms with van der Waals surface area (Å²) in [5.41, 5.74) is 0.272. The first-order valence-electron chi connectivity index (χ1n) is 5.88. The van der Waals surface area contributed by atoms with Crippen LogP contribution in [-0.4, -0.2) is 38.4 Å². The Morgan fingerprint density at radius 2 is 2.20 bits per heavy atom. The maximum atomic E-state index is 12.4. The van der Waals surface area contributed by atoms with Crippen molar-refractivity contribution in [2.75, 3.05) is 19.6 Å². The first-order valence-corrected chi connectivity index (χ1v) is 7.70. The number of sulfonamides is 1. The van der Waals surface area contributed by atoms with Crippen LogP contribution < -0.4 is 5.32 Å². The number of halogens is 2. The Morgan fingerprint density at radius 1 is 1.50 bits per heavy atom. The molecule has 1 N–H and O–H groups in total. The van der Waals surface area contributed by atoms with Crippen LogP contribution in [0.1, 0.15) is 12.5 Å². The molecule has 1 aromatic carbocycles. The lowest BCUT2D eigenvalue weighted by Crippen LogP contribution is -2.51. The van der Waals surface area contributed by atoms with E-state index in [0.717, 1.165) is 0 Å². The lowest BCUT2D eigenvalue weighted by atomic mass is 10.2. The summed E-state index contributed by atoms with van der Waals surface area (Å²) in [6.07, 6.45) is 0. The highest BCUT2D eigenvalue weighted by molar-refractivity contribution is 7.89. The van der Waals surface area contributed by atoms with E-state index >= 15 is 0 Å².